The van der Waals surface area contributed by atoms with Gasteiger partial charge >= 0.3 is 0 Å². The summed E-state index contributed by atoms with van der Waals surface area (Å²) in [6, 6.07) is 7.73. The number of phenolic OH excluding ortho intramolecular Hbond substituents is 1. The average molecular weight is 237 g/mol. The fourth-order valence-corrected chi connectivity index (χ4v) is 1.85. The van der Waals surface area contributed by atoms with Gasteiger partial charge in [0.15, 0.2) is 0 Å². The summed E-state index contributed by atoms with van der Waals surface area (Å²) < 4.78 is 5.29. The first-order valence-electron chi connectivity index (χ1n) is 6.38. The number of aromatic hydroxyl groups is 1. The second-order valence-electron chi connectivity index (χ2n) is 4.02. The monoisotopic (exact) mass is 237 g/mol. The minimum Gasteiger partial charge on any atom is -0.508 e. The molecule has 0 fully saturated rings. The second kappa shape index (κ2) is 8.09. The molecule has 1 unspecified atom stereocenters. The maximum Gasteiger partial charge on any atom is 0.120 e. The summed E-state index contributed by atoms with van der Waals surface area (Å²) in [5, 5.41) is 13.2. The number of nitrogens with one attached hydrogen (secondary N) is 1. The van der Waals surface area contributed by atoms with Crippen LogP contribution in [-0.2, 0) is 4.74 Å². The topological polar surface area (TPSA) is 41.5 Å². The largest absolute Gasteiger partial charge is 0.508 e. The summed E-state index contributed by atoms with van der Waals surface area (Å²) in [4.78, 5) is 0. The molecule has 17 heavy (non-hydrogen) atoms. The zero-order valence-corrected chi connectivity index (χ0v) is 10.8. The molecule has 0 saturated heterocycles. The molecule has 0 radical (unpaired) electrons. The molecule has 0 heterocycles. The van der Waals surface area contributed by atoms with Crippen LogP contribution >= 0.6 is 0 Å². The van der Waals surface area contributed by atoms with Gasteiger partial charge in [-0.25, -0.2) is 0 Å². The highest BCUT2D eigenvalue weighted by atomic mass is 16.5. The van der Waals surface area contributed by atoms with E-state index in [0.717, 1.165) is 38.2 Å². The highest BCUT2D eigenvalue weighted by molar-refractivity contribution is 5.34. The number of hydrogen-bond donors (Lipinski definition) is 2. The second-order valence-corrected chi connectivity index (χ2v) is 4.02. The molecule has 0 saturated carbocycles. The van der Waals surface area contributed by atoms with E-state index in [-0.39, 0.29) is 6.04 Å². The van der Waals surface area contributed by atoms with Crippen molar-refractivity contribution in [1.82, 2.24) is 5.32 Å². The van der Waals surface area contributed by atoms with Crippen molar-refractivity contribution in [3.05, 3.63) is 29.8 Å². The maximum absolute atomic E-state index is 9.79. The van der Waals surface area contributed by atoms with E-state index in [0.29, 0.717) is 5.75 Å². The lowest BCUT2D eigenvalue weighted by Gasteiger charge is -2.18. The van der Waals surface area contributed by atoms with Crippen LogP contribution in [0.25, 0.3) is 0 Å². The van der Waals surface area contributed by atoms with E-state index in [1.807, 2.05) is 25.1 Å². The van der Waals surface area contributed by atoms with E-state index in [1.165, 1.54) is 0 Å². The third-order valence-corrected chi connectivity index (χ3v) is 2.78. The molecule has 1 aromatic rings. The van der Waals surface area contributed by atoms with E-state index in [2.05, 4.69) is 12.2 Å². The van der Waals surface area contributed by atoms with E-state index >= 15 is 0 Å². The van der Waals surface area contributed by atoms with E-state index in [4.69, 9.17) is 4.74 Å². The van der Waals surface area contributed by atoms with Crippen LogP contribution in [0, 0.1) is 0 Å². The predicted octanol–water partition coefficient (Wildman–Crippen LogP) is 2.86. The summed E-state index contributed by atoms with van der Waals surface area (Å²) in [6.07, 6.45) is 1.96. The zero-order valence-electron chi connectivity index (χ0n) is 10.8. The summed E-state index contributed by atoms with van der Waals surface area (Å²) in [5.41, 5.74) is 0.978. The lowest BCUT2D eigenvalue weighted by atomic mass is 10.0. The molecule has 0 bridgehead atoms. The molecule has 0 aliphatic carbocycles. The number of para-hydroxylation sites is 1. The molecule has 1 atom stereocenters. The molecule has 2 N–H and O–H groups in total. The quantitative estimate of drug-likeness (QED) is 0.683. The van der Waals surface area contributed by atoms with Crippen LogP contribution in [0.5, 0.6) is 5.75 Å². The Labute approximate surface area is 104 Å². The molecule has 0 aliphatic heterocycles. The van der Waals surface area contributed by atoms with Crippen molar-refractivity contribution < 1.29 is 9.84 Å². The van der Waals surface area contributed by atoms with Crippen molar-refractivity contribution >= 4 is 0 Å². The van der Waals surface area contributed by atoms with Gasteiger partial charge in [-0.05, 0) is 32.4 Å². The van der Waals surface area contributed by atoms with Gasteiger partial charge in [-0.3, -0.25) is 0 Å². The smallest absolute Gasteiger partial charge is 0.120 e. The van der Waals surface area contributed by atoms with Crippen LogP contribution in [-0.4, -0.2) is 24.9 Å². The van der Waals surface area contributed by atoms with Gasteiger partial charge in [0, 0.05) is 24.8 Å². The number of phenols is 1. The Hall–Kier alpha value is -1.06. The van der Waals surface area contributed by atoms with Crippen molar-refractivity contribution in [2.24, 2.45) is 0 Å². The third kappa shape index (κ3) is 4.75. The molecule has 96 valence electrons. The normalized spacial score (nSPS) is 12.6. The number of benzene rings is 1. The van der Waals surface area contributed by atoms with Crippen LogP contribution in [0.1, 0.15) is 38.3 Å². The summed E-state index contributed by atoms with van der Waals surface area (Å²) in [7, 11) is 0. The predicted molar refractivity (Wildman–Crippen MR) is 70.3 cm³/mol. The van der Waals surface area contributed by atoms with E-state index in [9.17, 15) is 5.11 Å². The Kier molecular flexibility index (Phi) is 6.67. The van der Waals surface area contributed by atoms with Gasteiger partial charge in [-0.15, -0.1) is 0 Å². The Morgan fingerprint density at radius 3 is 2.71 bits per heavy atom. The Morgan fingerprint density at radius 2 is 2.06 bits per heavy atom. The first kappa shape index (κ1) is 14.0. The molecule has 0 aromatic heterocycles. The molecule has 0 amide bonds. The average Bonchev–Trinajstić information content (AvgIpc) is 2.35. The van der Waals surface area contributed by atoms with E-state index < -0.39 is 0 Å². The Morgan fingerprint density at radius 1 is 1.29 bits per heavy atom. The van der Waals surface area contributed by atoms with Crippen molar-refractivity contribution in [3.63, 3.8) is 0 Å². The maximum atomic E-state index is 9.79. The Bertz CT molecular complexity index is 315. The summed E-state index contributed by atoms with van der Waals surface area (Å²) >= 11 is 0. The molecule has 1 rings (SSSR count). The standard InChI is InChI=1S/C14H23NO2/c1-3-13(15-10-7-11-17-4-2)12-8-5-6-9-14(12)16/h5-6,8-9,13,15-16H,3-4,7,10-11H2,1-2H3. The first-order valence-corrected chi connectivity index (χ1v) is 6.38. The van der Waals surface area contributed by atoms with Gasteiger partial charge in [0.25, 0.3) is 0 Å². The van der Waals surface area contributed by atoms with Crippen molar-refractivity contribution in [1.29, 1.82) is 0 Å². The van der Waals surface area contributed by atoms with Crippen molar-refractivity contribution in [2.75, 3.05) is 19.8 Å². The number of hydrogen-bond acceptors (Lipinski definition) is 3. The number of rotatable bonds is 8. The van der Waals surface area contributed by atoms with E-state index in [1.54, 1.807) is 6.07 Å². The molecular formula is C14H23NO2. The fraction of sp³-hybridized carbons (Fsp3) is 0.571. The Balaban J connectivity index is 2.41. The SMILES string of the molecule is CCOCCCNC(CC)c1ccccc1O. The zero-order chi connectivity index (χ0) is 12.5. The van der Waals surface area contributed by atoms with Gasteiger partial charge in [-0.2, -0.15) is 0 Å². The highest BCUT2D eigenvalue weighted by Gasteiger charge is 2.11. The number of ether oxygens (including phenoxy) is 1. The van der Waals surface area contributed by atoms with Crippen LogP contribution in [0.4, 0.5) is 0 Å². The lowest BCUT2D eigenvalue weighted by Crippen LogP contribution is -2.23. The molecule has 1 aromatic carbocycles. The van der Waals surface area contributed by atoms with Crippen molar-refractivity contribution in [3.8, 4) is 5.75 Å². The van der Waals surface area contributed by atoms with Gasteiger partial charge in [0.05, 0.1) is 0 Å². The molecule has 0 aliphatic rings. The molecule has 3 heteroatoms. The van der Waals surface area contributed by atoms with Crippen LogP contribution < -0.4 is 5.32 Å². The first-order chi connectivity index (χ1) is 8.29. The van der Waals surface area contributed by atoms with Crippen LogP contribution in [0.15, 0.2) is 24.3 Å². The fourth-order valence-electron chi connectivity index (χ4n) is 1.85. The van der Waals surface area contributed by atoms with Crippen LogP contribution in [0.2, 0.25) is 0 Å². The van der Waals surface area contributed by atoms with Gasteiger partial charge in [-0.1, -0.05) is 25.1 Å². The lowest BCUT2D eigenvalue weighted by molar-refractivity contribution is 0.144. The minimum atomic E-state index is 0.220. The highest BCUT2D eigenvalue weighted by Crippen LogP contribution is 2.25. The minimum absolute atomic E-state index is 0.220. The summed E-state index contributed by atoms with van der Waals surface area (Å²) in [5.74, 6) is 0.372. The van der Waals surface area contributed by atoms with Crippen LogP contribution in [0.3, 0.4) is 0 Å². The van der Waals surface area contributed by atoms with Gasteiger partial charge in [0.1, 0.15) is 5.75 Å². The van der Waals surface area contributed by atoms with Gasteiger partial charge < -0.3 is 15.2 Å². The molecular weight excluding hydrogens is 214 g/mol. The molecule has 3 nitrogen and oxygen atoms in total. The van der Waals surface area contributed by atoms with Crippen molar-refractivity contribution in [2.45, 2.75) is 32.7 Å². The van der Waals surface area contributed by atoms with Gasteiger partial charge in [0.2, 0.25) is 0 Å². The third-order valence-electron chi connectivity index (χ3n) is 2.78. The molecule has 0 spiro atoms. The summed E-state index contributed by atoms with van der Waals surface area (Å²) in [6.45, 7) is 6.60.